The Morgan fingerprint density at radius 1 is 1.26 bits per heavy atom. The van der Waals surface area contributed by atoms with E-state index in [0.29, 0.717) is 13.1 Å². The lowest BCUT2D eigenvalue weighted by Crippen LogP contribution is -2.33. The van der Waals surface area contributed by atoms with Crippen LogP contribution in [0.3, 0.4) is 0 Å². The van der Waals surface area contributed by atoms with Gasteiger partial charge in [-0.1, -0.05) is 0 Å². The summed E-state index contributed by atoms with van der Waals surface area (Å²) in [5.41, 5.74) is 0. The molecule has 1 aromatic rings. The molecule has 0 aliphatic carbocycles. The highest BCUT2D eigenvalue weighted by Gasteiger charge is 2.28. The quantitative estimate of drug-likeness (QED) is 0.858. The van der Waals surface area contributed by atoms with Gasteiger partial charge in [0.2, 0.25) is 26.6 Å². The van der Waals surface area contributed by atoms with Crippen LogP contribution in [-0.4, -0.2) is 49.1 Å². The molecule has 1 fully saturated rings. The number of likely N-dealkylation sites (tertiary alicyclic amines) is 1. The Morgan fingerprint density at radius 2 is 1.89 bits per heavy atom. The molecule has 7 nitrogen and oxygen atoms in total. The molecule has 1 N–H and O–H groups in total. The van der Waals surface area contributed by atoms with E-state index in [1.54, 1.807) is 0 Å². The Bertz CT molecular complexity index is 596. The van der Waals surface area contributed by atoms with Crippen LogP contribution < -0.4 is 0 Å². The van der Waals surface area contributed by atoms with E-state index in [0.717, 1.165) is 25.0 Å². The molecule has 0 bridgehead atoms. The third kappa shape index (κ3) is 2.95. The van der Waals surface area contributed by atoms with Gasteiger partial charge in [-0.05, 0) is 25.0 Å². The zero-order valence-electron chi connectivity index (χ0n) is 10.0. The Kier molecular flexibility index (Phi) is 3.61. The fourth-order valence-electron chi connectivity index (χ4n) is 1.89. The average Bonchev–Trinajstić information content (AvgIpc) is 3.00. The standard InChI is InChI=1S/C11H13NO6S/c13-9(12-5-1-2-6-12)7-19(16,17)10-4-3-8(18-10)11(14)15/h3-4H,1-2,5-7H2,(H,14,15). The summed E-state index contributed by atoms with van der Waals surface area (Å²) in [6.45, 7) is 1.12. The van der Waals surface area contributed by atoms with E-state index < -0.39 is 38.3 Å². The molecule has 0 spiro atoms. The van der Waals surface area contributed by atoms with Crippen molar-refractivity contribution in [2.45, 2.75) is 17.9 Å². The number of carboxylic acid groups (broad SMARTS) is 1. The van der Waals surface area contributed by atoms with Crippen LogP contribution in [0.2, 0.25) is 0 Å². The molecule has 0 aromatic carbocycles. The predicted molar refractivity (Wildman–Crippen MR) is 63.5 cm³/mol. The monoisotopic (exact) mass is 287 g/mol. The van der Waals surface area contributed by atoms with Gasteiger partial charge in [0.05, 0.1) is 0 Å². The zero-order valence-corrected chi connectivity index (χ0v) is 10.9. The Hall–Kier alpha value is -1.83. The third-order valence-corrected chi connectivity index (χ3v) is 4.33. The normalized spacial score (nSPS) is 15.7. The smallest absolute Gasteiger partial charge is 0.371 e. The van der Waals surface area contributed by atoms with Gasteiger partial charge in [-0.2, -0.15) is 0 Å². The van der Waals surface area contributed by atoms with Crippen molar-refractivity contribution in [1.82, 2.24) is 4.90 Å². The van der Waals surface area contributed by atoms with E-state index >= 15 is 0 Å². The molecule has 2 rings (SSSR count). The fraction of sp³-hybridized carbons (Fsp3) is 0.455. The largest absolute Gasteiger partial charge is 0.475 e. The first kappa shape index (κ1) is 13.6. The molecule has 0 saturated carbocycles. The number of furan rings is 1. The summed E-state index contributed by atoms with van der Waals surface area (Å²) in [7, 11) is -3.93. The number of amides is 1. The Balaban J connectivity index is 2.12. The van der Waals surface area contributed by atoms with Crippen molar-refractivity contribution >= 4 is 21.7 Å². The molecule has 2 heterocycles. The number of carbonyl (C=O) groups excluding carboxylic acids is 1. The van der Waals surface area contributed by atoms with Crippen molar-refractivity contribution in [3.05, 3.63) is 17.9 Å². The van der Waals surface area contributed by atoms with Crippen molar-refractivity contribution in [2.24, 2.45) is 0 Å². The summed E-state index contributed by atoms with van der Waals surface area (Å²) in [6, 6.07) is 2.10. The second-order valence-electron chi connectivity index (χ2n) is 4.27. The molecule has 0 unspecified atom stereocenters. The van der Waals surface area contributed by atoms with Crippen LogP contribution in [0.1, 0.15) is 23.4 Å². The van der Waals surface area contributed by atoms with Crippen LogP contribution >= 0.6 is 0 Å². The molecule has 1 aliphatic rings. The van der Waals surface area contributed by atoms with Gasteiger partial charge in [0.25, 0.3) is 0 Å². The lowest BCUT2D eigenvalue weighted by molar-refractivity contribution is -0.127. The average molecular weight is 287 g/mol. The summed E-state index contributed by atoms with van der Waals surface area (Å²) in [5, 5.41) is 8.17. The minimum Gasteiger partial charge on any atom is -0.475 e. The lowest BCUT2D eigenvalue weighted by Gasteiger charge is -2.14. The maximum atomic E-state index is 11.9. The van der Waals surface area contributed by atoms with Gasteiger partial charge in [-0.3, -0.25) is 4.79 Å². The summed E-state index contributed by atoms with van der Waals surface area (Å²) in [4.78, 5) is 23.9. The molecule has 1 aromatic heterocycles. The zero-order chi connectivity index (χ0) is 14.0. The molecule has 104 valence electrons. The summed E-state index contributed by atoms with van der Waals surface area (Å²) >= 11 is 0. The molecular weight excluding hydrogens is 274 g/mol. The number of nitrogens with zero attached hydrogens (tertiary/aromatic N) is 1. The first-order valence-electron chi connectivity index (χ1n) is 5.74. The number of aromatic carboxylic acids is 1. The van der Waals surface area contributed by atoms with E-state index in [1.165, 1.54) is 4.90 Å². The second-order valence-corrected chi connectivity index (χ2v) is 6.19. The van der Waals surface area contributed by atoms with Gasteiger partial charge in [-0.15, -0.1) is 0 Å². The molecule has 1 aliphatic heterocycles. The highest BCUT2D eigenvalue weighted by molar-refractivity contribution is 7.92. The second kappa shape index (κ2) is 5.04. The number of carbonyl (C=O) groups is 2. The van der Waals surface area contributed by atoms with Gasteiger partial charge in [-0.25, -0.2) is 13.2 Å². The SMILES string of the molecule is O=C(O)c1ccc(S(=O)(=O)CC(=O)N2CCCC2)o1. The van der Waals surface area contributed by atoms with Crippen molar-refractivity contribution in [3.8, 4) is 0 Å². The summed E-state index contributed by atoms with van der Waals surface area (Å²) < 4.78 is 28.5. The minimum absolute atomic E-state index is 0.466. The van der Waals surface area contributed by atoms with Crippen LogP contribution in [0.15, 0.2) is 21.6 Å². The third-order valence-electron chi connectivity index (χ3n) is 2.87. The van der Waals surface area contributed by atoms with Crippen LogP contribution in [0.4, 0.5) is 0 Å². The van der Waals surface area contributed by atoms with Crippen molar-refractivity contribution < 1.29 is 27.5 Å². The molecule has 19 heavy (non-hydrogen) atoms. The van der Waals surface area contributed by atoms with E-state index in [1.807, 2.05) is 0 Å². The van der Waals surface area contributed by atoms with E-state index in [9.17, 15) is 18.0 Å². The van der Waals surface area contributed by atoms with Gasteiger partial charge in [0.1, 0.15) is 5.75 Å². The molecule has 0 radical (unpaired) electrons. The van der Waals surface area contributed by atoms with E-state index in [-0.39, 0.29) is 0 Å². The van der Waals surface area contributed by atoms with Crippen LogP contribution in [0.5, 0.6) is 0 Å². The molecular formula is C11H13NO6S. The van der Waals surface area contributed by atoms with Crippen molar-refractivity contribution in [2.75, 3.05) is 18.8 Å². The first-order valence-corrected chi connectivity index (χ1v) is 7.39. The maximum absolute atomic E-state index is 11.9. The van der Waals surface area contributed by atoms with Gasteiger partial charge in [0.15, 0.2) is 0 Å². The highest BCUT2D eigenvalue weighted by Crippen LogP contribution is 2.17. The predicted octanol–water partition coefficient (Wildman–Crippen LogP) is 0.374. The number of sulfone groups is 1. The lowest BCUT2D eigenvalue weighted by atomic mass is 10.4. The Morgan fingerprint density at radius 3 is 2.42 bits per heavy atom. The van der Waals surface area contributed by atoms with Gasteiger partial charge in [0, 0.05) is 13.1 Å². The molecule has 1 amide bonds. The maximum Gasteiger partial charge on any atom is 0.371 e. The van der Waals surface area contributed by atoms with Gasteiger partial charge < -0.3 is 14.4 Å². The molecule has 0 atom stereocenters. The number of hydrogen-bond acceptors (Lipinski definition) is 5. The van der Waals surface area contributed by atoms with Crippen molar-refractivity contribution in [3.63, 3.8) is 0 Å². The summed E-state index contributed by atoms with van der Waals surface area (Å²) in [5.74, 6) is -3.00. The number of rotatable bonds is 4. The van der Waals surface area contributed by atoms with Crippen molar-refractivity contribution in [1.29, 1.82) is 0 Å². The van der Waals surface area contributed by atoms with Crippen LogP contribution in [0.25, 0.3) is 0 Å². The number of hydrogen-bond donors (Lipinski definition) is 1. The number of carboxylic acids is 1. The fourth-order valence-corrected chi connectivity index (χ4v) is 3.04. The van der Waals surface area contributed by atoms with E-state index in [4.69, 9.17) is 9.52 Å². The Labute approximate surface area is 109 Å². The van der Waals surface area contributed by atoms with E-state index in [2.05, 4.69) is 0 Å². The van der Waals surface area contributed by atoms with Crippen LogP contribution in [-0.2, 0) is 14.6 Å². The first-order chi connectivity index (χ1) is 8.90. The van der Waals surface area contributed by atoms with Crippen LogP contribution in [0, 0.1) is 0 Å². The highest BCUT2D eigenvalue weighted by atomic mass is 32.2. The topological polar surface area (TPSA) is 105 Å². The minimum atomic E-state index is -3.93. The van der Waals surface area contributed by atoms with Gasteiger partial charge >= 0.3 is 5.97 Å². The summed E-state index contributed by atoms with van der Waals surface area (Å²) in [6.07, 6.45) is 1.74. The molecule has 8 heteroatoms. The molecule has 1 saturated heterocycles.